The van der Waals surface area contributed by atoms with E-state index >= 15 is 0 Å². The molecule has 4 heteroatoms. The van der Waals surface area contributed by atoms with Gasteiger partial charge in [0.05, 0.1) is 0 Å². The standard InChI is InChI=1S/C6H4O3S/c7-10(8,9)6-4-2-1-3-5-6/h1-3H,(H,7,8,9). The van der Waals surface area contributed by atoms with E-state index in [2.05, 4.69) is 12.1 Å². The van der Waals surface area contributed by atoms with Crippen LogP contribution >= 0.6 is 0 Å². The smallest absolute Gasteiger partial charge is 0.282 e. The maximum absolute atomic E-state index is 10.3. The van der Waals surface area contributed by atoms with Gasteiger partial charge in [0, 0.05) is 12.1 Å². The van der Waals surface area contributed by atoms with Crippen molar-refractivity contribution < 1.29 is 13.0 Å². The Hall–Kier alpha value is -0.870. The van der Waals surface area contributed by atoms with Crippen molar-refractivity contribution in [3.8, 4) is 0 Å². The van der Waals surface area contributed by atoms with Crippen LogP contribution in [0.15, 0.2) is 23.1 Å². The van der Waals surface area contributed by atoms with Gasteiger partial charge in [-0.25, -0.2) is 0 Å². The predicted octanol–water partition coefficient (Wildman–Crippen LogP) is 0.534. The molecule has 0 aromatic heterocycles. The van der Waals surface area contributed by atoms with Gasteiger partial charge in [0.25, 0.3) is 10.1 Å². The van der Waals surface area contributed by atoms with Gasteiger partial charge in [-0.15, -0.1) is 0 Å². The van der Waals surface area contributed by atoms with Gasteiger partial charge in [0.2, 0.25) is 0 Å². The first-order chi connectivity index (χ1) is 4.61. The summed E-state index contributed by atoms with van der Waals surface area (Å²) < 4.78 is 29.1. The Morgan fingerprint density at radius 2 is 1.80 bits per heavy atom. The third-order valence-corrected chi connectivity index (χ3v) is 1.63. The normalized spacial score (nSPS) is 11.3. The van der Waals surface area contributed by atoms with Crippen LogP contribution in [0.2, 0.25) is 0 Å². The summed E-state index contributed by atoms with van der Waals surface area (Å²) in [6, 6.07) is 8.97. The zero-order valence-corrected chi connectivity index (χ0v) is 5.72. The van der Waals surface area contributed by atoms with Crippen molar-refractivity contribution in [3.05, 3.63) is 30.3 Å². The summed E-state index contributed by atoms with van der Waals surface area (Å²) in [6.45, 7) is 0. The second-order valence-electron chi connectivity index (χ2n) is 1.62. The molecule has 0 aliphatic heterocycles. The summed E-state index contributed by atoms with van der Waals surface area (Å²) in [4.78, 5) is -0.324. The molecule has 0 saturated heterocycles. The molecular formula is C6H4O3S. The van der Waals surface area contributed by atoms with E-state index in [9.17, 15) is 8.42 Å². The van der Waals surface area contributed by atoms with Gasteiger partial charge in [0.15, 0.2) is 0 Å². The number of hydrogen-bond donors (Lipinski definition) is 1. The first-order valence-electron chi connectivity index (χ1n) is 2.46. The Kier molecular flexibility index (Phi) is 1.74. The van der Waals surface area contributed by atoms with Crippen molar-refractivity contribution in [2.24, 2.45) is 0 Å². The SMILES string of the molecule is O=S(=O)(O)c1[c]ccc[c]1. The van der Waals surface area contributed by atoms with Crippen LogP contribution in [0.25, 0.3) is 0 Å². The highest BCUT2D eigenvalue weighted by molar-refractivity contribution is 7.85. The molecule has 1 aromatic rings. The van der Waals surface area contributed by atoms with Gasteiger partial charge in [-0.2, -0.15) is 8.42 Å². The minimum absolute atomic E-state index is 0.324. The van der Waals surface area contributed by atoms with Crippen LogP contribution in [0, 0.1) is 12.1 Å². The van der Waals surface area contributed by atoms with E-state index in [0.717, 1.165) is 0 Å². The van der Waals surface area contributed by atoms with Crippen LogP contribution in [0.3, 0.4) is 0 Å². The highest BCUT2D eigenvalue weighted by atomic mass is 32.2. The van der Waals surface area contributed by atoms with Crippen molar-refractivity contribution in [1.82, 2.24) is 0 Å². The topological polar surface area (TPSA) is 54.4 Å². The van der Waals surface area contributed by atoms with Gasteiger partial charge >= 0.3 is 0 Å². The maximum atomic E-state index is 10.3. The molecule has 10 heavy (non-hydrogen) atoms. The van der Waals surface area contributed by atoms with Crippen molar-refractivity contribution in [1.29, 1.82) is 0 Å². The monoisotopic (exact) mass is 156 g/mol. The summed E-state index contributed by atoms with van der Waals surface area (Å²) in [7, 11) is -4.11. The molecule has 0 fully saturated rings. The second-order valence-corrected chi connectivity index (χ2v) is 2.98. The molecule has 0 aliphatic carbocycles. The van der Waals surface area contributed by atoms with Crippen LogP contribution in [-0.2, 0) is 10.1 Å². The number of rotatable bonds is 1. The van der Waals surface area contributed by atoms with Crippen molar-refractivity contribution in [2.45, 2.75) is 4.90 Å². The molecule has 1 aromatic carbocycles. The summed E-state index contributed by atoms with van der Waals surface area (Å²) >= 11 is 0. The average Bonchev–Trinajstić information content (AvgIpc) is 1.88. The van der Waals surface area contributed by atoms with Gasteiger partial charge < -0.3 is 0 Å². The molecule has 52 valence electrons. The van der Waals surface area contributed by atoms with Crippen molar-refractivity contribution >= 4 is 10.1 Å². The predicted molar refractivity (Wildman–Crippen MR) is 33.9 cm³/mol. The largest absolute Gasteiger partial charge is 0.295 e. The van der Waals surface area contributed by atoms with Gasteiger partial charge in [-0.3, -0.25) is 4.55 Å². The molecule has 0 unspecified atom stereocenters. The van der Waals surface area contributed by atoms with E-state index in [1.165, 1.54) is 12.1 Å². The molecule has 0 bridgehead atoms. The minimum atomic E-state index is -4.11. The highest BCUT2D eigenvalue weighted by Crippen LogP contribution is 2.03. The van der Waals surface area contributed by atoms with E-state index < -0.39 is 10.1 Å². The molecule has 0 amide bonds. The van der Waals surface area contributed by atoms with Crippen molar-refractivity contribution in [3.63, 3.8) is 0 Å². The van der Waals surface area contributed by atoms with E-state index in [0.29, 0.717) is 0 Å². The molecule has 1 rings (SSSR count). The van der Waals surface area contributed by atoms with E-state index in [1.54, 1.807) is 6.07 Å². The Labute approximate surface area is 59.1 Å². The lowest BCUT2D eigenvalue weighted by molar-refractivity contribution is 0.483. The molecule has 0 heterocycles. The second kappa shape index (κ2) is 2.40. The number of benzene rings is 1. The lowest BCUT2D eigenvalue weighted by atomic mass is 10.4. The molecule has 0 spiro atoms. The Bertz CT molecular complexity index is 301. The van der Waals surface area contributed by atoms with Crippen LogP contribution in [0.4, 0.5) is 0 Å². The van der Waals surface area contributed by atoms with E-state index in [1.807, 2.05) is 0 Å². The lowest BCUT2D eigenvalue weighted by Crippen LogP contribution is -1.97. The first-order valence-corrected chi connectivity index (χ1v) is 3.90. The molecule has 2 radical (unpaired) electrons. The van der Waals surface area contributed by atoms with Crippen LogP contribution in [-0.4, -0.2) is 13.0 Å². The average molecular weight is 156 g/mol. The summed E-state index contributed by atoms with van der Waals surface area (Å²) in [5.41, 5.74) is 0. The molecule has 3 nitrogen and oxygen atoms in total. The van der Waals surface area contributed by atoms with Crippen LogP contribution < -0.4 is 0 Å². The van der Waals surface area contributed by atoms with Gasteiger partial charge in [-0.05, 0) is 0 Å². The molecular weight excluding hydrogens is 152 g/mol. The fourth-order valence-electron chi connectivity index (χ4n) is 0.486. The van der Waals surface area contributed by atoms with E-state index in [4.69, 9.17) is 4.55 Å². The third kappa shape index (κ3) is 1.55. The molecule has 0 atom stereocenters. The third-order valence-electron chi connectivity index (χ3n) is 0.879. The molecule has 0 aliphatic rings. The fourth-order valence-corrected chi connectivity index (χ4v) is 0.920. The van der Waals surface area contributed by atoms with Gasteiger partial charge in [0.1, 0.15) is 4.90 Å². The molecule has 1 N–H and O–H groups in total. The zero-order valence-electron chi connectivity index (χ0n) is 4.90. The Morgan fingerprint density at radius 1 is 1.30 bits per heavy atom. The van der Waals surface area contributed by atoms with Gasteiger partial charge in [-0.1, -0.05) is 18.2 Å². The highest BCUT2D eigenvalue weighted by Gasteiger charge is 2.06. The number of hydrogen-bond acceptors (Lipinski definition) is 2. The Morgan fingerprint density at radius 3 is 2.10 bits per heavy atom. The first kappa shape index (κ1) is 7.24. The quantitative estimate of drug-likeness (QED) is 0.603. The van der Waals surface area contributed by atoms with Crippen LogP contribution in [0.5, 0.6) is 0 Å². The summed E-state index contributed by atoms with van der Waals surface area (Å²) in [5.74, 6) is 0. The Balaban J connectivity index is 3.22. The molecule has 0 saturated carbocycles. The van der Waals surface area contributed by atoms with E-state index in [-0.39, 0.29) is 4.90 Å². The fraction of sp³-hybridized carbons (Fsp3) is 0. The maximum Gasteiger partial charge on any atom is 0.295 e. The summed E-state index contributed by atoms with van der Waals surface area (Å²) in [6.07, 6.45) is 0. The van der Waals surface area contributed by atoms with Crippen LogP contribution in [0.1, 0.15) is 0 Å². The summed E-state index contributed by atoms with van der Waals surface area (Å²) in [5, 5.41) is 0. The minimum Gasteiger partial charge on any atom is -0.282 e. The van der Waals surface area contributed by atoms with Crippen molar-refractivity contribution in [2.75, 3.05) is 0 Å². The lowest BCUT2D eigenvalue weighted by Gasteiger charge is -1.90. The zero-order chi connectivity index (χ0) is 7.61.